The van der Waals surface area contributed by atoms with Gasteiger partial charge in [0.15, 0.2) is 29.2 Å². The normalized spacial score (nSPS) is 21.0. The summed E-state index contributed by atoms with van der Waals surface area (Å²) in [5, 5.41) is 11.8. The molecule has 6 rings (SSSR count). The van der Waals surface area contributed by atoms with Gasteiger partial charge in [0.1, 0.15) is 7.14 Å². The van der Waals surface area contributed by atoms with E-state index in [9.17, 15) is 32.5 Å². The molecule has 18 nitrogen and oxygen atoms in total. The van der Waals surface area contributed by atoms with Crippen LogP contribution in [0.4, 0.5) is 11.4 Å². The second kappa shape index (κ2) is 18.9. The third-order valence-electron chi connectivity index (χ3n) is 10.6. The van der Waals surface area contributed by atoms with Gasteiger partial charge in [0.2, 0.25) is 11.8 Å². The molecule has 4 heterocycles. The molecule has 2 aromatic rings. The van der Waals surface area contributed by atoms with Gasteiger partial charge in [-0.3, -0.25) is 23.7 Å². The van der Waals surface area contributed by atoms with Crippen molar-refractivity contribution in [2.75, 3.05) is 82.9 Å². The van der Waals surface area contributed by atoms with Gasteiger partial charge < -0.3 is 54.6 Å². The molecular formula is C39H51N6O12PS. The molecular weight excluding hydrogens is 807 g/mol. The fourth-order valence-electron chi connectivity index (χ4n) is 7.61. The Hall–Kier alpha value is -5.10. The molecule has 4 aliphatic rings. The van der Waals surface area contributed by atoms with Crippen molar-refractivity contribution in [1.29, 1.82) is 0 Å². The Kier molecular flexibility index (Phi) is 13.9. The van der Waals surface area contributed by atoms with Crippen molar-refractivity contribution in [1.82, 2.24) is 20.4 Å². The molecule has 2 saturated heterocycles. The zero-order valence-corrected chi connectivity index (χ0v) is 35.0. The van der Waals surface area contributed by atoms with Crippen LogP contribution in [0.3, 0.4) is 0 Å². The smallest absolute Gasteiger partial charge is 0.304 e. The highest BCUT2D eigenvalue weighted by atomic mass is 32.2. The summed E-state index contributed by atoms with van der Waals surface area (Å²) < 4.78 is 64.6. The van der Waals surface area contributed by atoms with Crippen LogP contribution in [0.2, 0.25) is 0 Å². The van der Waals surface area contributed by atoms with E-state index < -0.39 is 36.7 Å². The number of methoxy groups -OCH3 is 2. The van der Waals surface area contributed by atoms with Gasteiger partial charge in [0.05, 0.1) is 68.3 Å². The van der Waals surface area contributed by atoms with Gasteiger partial charge in [-0.2, -0.15) is 4.21 Å². The summed E-state index contributed by atoms with van der Waals surface area (Å²) >= 11 is -2.64. The number of carbonyl (C=O) groups is 4. The molecule has 0 radical (unpaired) electrons. The summed E-state index contributed by atoms with van der Waals surface area (Å²) in [6, 6.07) is 5.71. The first kappa shape index (κ1) is 43.5. The Morgan fingerprint density at radius 3 is 2.03 bits per heavy atom. The molecule has 2 fully saturated rings. The van der Waals surface area contributed by atoms with E-state index >= 15 is 0 Å². The van der Waals surface area contributed by atoms with Crippen molar-refractivity contribution in [2.45, 2.75) is 50.9 Å². The van der Waals surface area contributed by atoms with Crippen LogP contribution in [0, 0.1) is 0 Å². The number of rotatable bonds is 18. The van der Waals surface area contributed by atoms with Gasteiger partial charge in [-0.25, -0.2) is 4.18 Å². The van der Waals surface area contributed by atoms with Gasteiger partial charge >= 0.3 is 11.4 Å². The number of hydrogen-bond acceptors (Lipinski definition) is 13. The zero-order chi connectivity index (χ0) is 42.4. The van der Waals surface area contributed by atoms with E-state index in [1.54, 1.807) is 24.0 Å². The van der Waals surface area contributed by atoms with Gasteiger partial charge in [0.25, 0.3) is 11.8 Å². The molecule has 0 saturated carbocycles. The average molecular weight is 859 g/mol. The monoisotopic (exact) mass is 858 g/mol. The Balaban J connectivity index is 1.17. The highest BCUT2D eigenvalue weighted by Gasteiger charge is 2.43. The Labute approximate surface area is 345 Å². The maximum Gasteiger partial charge on any atom is 0.304 e. The lowest BCUT2D eigenvalue weighted by atomic mass is 10.1. The van der Waals surface area contributed by atoms with Crippen molar-refractivity contribution < 1.29 is 55.6 Å². The number of fused-ring (bicyclic) bond motifs is 4. The van der Waals surface area contributed by atoms with Gasteiger partial charge in [-0.1, -0.05) is 24.3 Å². The minimum atomic E-state index is -3.31. The summed E-state index contributed by atoms with van der Waals surface area (Å²) in [5.41, 5.74) is 3.28. The van der Waals surface area contributed by atoms with E-state index in [1.165, 1.54) is 31.3 Å². The molecule has 5 N–H and O–H groups in total. The lowest BCUT2D eigenvalue weighted by Crippen LogP contribution is -2.45. The van der Waals surface area contributed by atoms with Gasteiger partial charge in [-0.05, 0) is 31.9 Å². The molecule has 0 aromatic heterocycles. The number of nitrogens with zero attached hydrogens (tertiary/aromatic N) is 2. The quantitative estimate of drug-likeness (QED) is 0.0824. The summed E-state index contributed by atoms with van der Waals surface area (Å²) in [6.07, 6.45) is -0.309. The molecule has 2 aromatic carbocycles. The van der Waals surface area contributed by atoms with Crippen LogP contribution in [0.25, 0.3) is 0 Å². The van der Waals surface area contributed by atoms with E-state index in [1.807, 2.05) is 0 Å². The maximum absolute atomic E-state index is 14.6. The molecule has 320 valence electrons. The van der Waals surface area contributed by atoms with Crippen LogP contribution in [-0.4, -0.2) is 133 Å². The third-order valence-corrected chi connectivity index (χ3v) is 13.7. The maximum atomic E-state index is 14.6. The summed E-state index contributed by atoms with van der Waals surface area (Å²) in [6.45, 7) is 11.4. The fraction of sp³-hybridized carbons (Fsp3) is 0.487. The van der Waals surface area contributed by atoms with Crippen LogP contribution in [-0.2, 0) is 29.7 Å². The van der Waals surface area contributed by atoms with Crippen LogP contribution < -0.4 is 40.2 Å². The number of benzene rings is 2. The van der Waals surface area contributed by atoms with Crippen molar-refractivity contribution in [3.63, 3.8) is 0 Å². The summed E-state index contributed by atoms with van der Waals surface area (Å²) in [4.78, 5) is 55.2. The molecule has 0 spiro atoms. The molecule has 4 amide bonds. The molecule has 0 bridgehead atoms. The largest absolute Gasteiger partial charge is 0.493 e. The lowest BCUT2D eigenvalue weighted by molar-refractivity contribution is -0.126. The first-order chi connectivity index (χ1) is 28.2. The molecule has 3 unspecified atom stereocenters. The van der Waals surface area contributed by atoms with Crippen LogP contribution in [0.5, 0.6) is 23.0 Å². The number of hydrogen-bond donors (Lipinski definition) is 5. The topological polar surface area (TPSA) is 223 Å². The van der Waals surface area contributed by atoms with E-state index in [0.29, 0.717) is 55.2 Å². The highest BCUT2D eigenvalue weighted by Crippen LogP contribution is 2.46. The summed E-state index contributed by atoms with van der Waals surface area (Å²) in [5.74, 6) is -0.162. The zero-order valence-electron chi connectivity index (χ0n) is 33.3. The van der Waals surface area contributed by atoms with Gasteiger partial charge in [0, 0.05) is 63.5 Å². The summed E-state index contributed by atoms with van der Waals surface area (Å²) in [7, 11) is -0.440. The first-order valence-corrected chi connectivity index (χ1v) is 22.6. The number of nitrogens with one attached hydrogen (secondary N) is 4. The lowest BCUT2D eigenvalue weighted by Gasteiger charge is -2.27. The van der Waals surface area contributed by atoms with E-state index in [4.69, 9.17) is 23.1 Å². The Morgan fingerprint density at radius 2 is 1.42 bits per heavy atom. The van der Waals surface area contributed by atoms with Crippen LogP contribution >= 0.6 is 7.14 Å². The van der Waals surface area contributed by atoms with E-state index in [-0.39, 0.29) is 97.7 Å². The predicted octanol–water partition coefficient (Wildman–Crippen LogP) is 3.39. The molecule has 59 heavy (non-hydrogen) atoms. The minimum absolute atomic E-state index is 0.00867. The van der Waals surface area contributed by atoms with Crippen molar-refractivity contribution >= 4 is 53.5 Å². The van der Waals surface area contributed by atoms with Gasteiger partial charge in [-0.15, -0.1) is 0 Å². The minimum Gasteiger partial charge on any atom is -0.493 e. The van der Waals surface area contributed by atoms with Crippen molar-refractivity contribution in [2.24, 2.45) is 0 Å². The third kappa shape index (κ3) is 10.2. The Bertz CT molecular complexity index is 2080. The number of anilines is 2. The highest BCUT2D eigenvalue weighted by molar-refractivity contribution is 7.74. The Morgan fingerprint density at radius 1 is 0.864 bits per heavy atom. The second-order valence-corrected chi connectivity index (χ2v) is 18.7. The second-order valence-electron chi connectivity index (χ2n) is 14.8. The molecule has 20 heteroatoms. The van der Waals surface area contributed by atoms with E-state index in [0.717, 1.165) is 11.1 Å². The molecule has 5 atom stereocenters. The number of ether oxygens (including phenoxy) is 4. The van der Waals surface area contributed by atoms with Crippen molar-refractivity contribution in [3.8, 4) is 23.0 Å². The fourth-order valence-corrected chi connectivity index (χ4v) is 9.82. The molecule has 0 aliphatic carbocycles. The van der Waals surface area contributed by atoms with Crippen LogP contribution in [0.1, 0.15) is 53.3 Å². The first-order valence-electron chi connectivity index (χ1n) is 19.3. The molecule has 4 aliphatic heterocycles. The standard InChI is InChI=1S/C39H51N6O12PS/c1-6-40-35(46)7-8-36(47)42-22-58(50,11-9-55-33-17-28-26(15-31(33)53-4)38(48)44-20-23(2)13-25(44)19-41-28)12-10-56-34-18-29-27(16-32(34)54-5)39(49)45-21-24(3)14-30(45)37(43-29)57-59(51)52/h15-18,25,30,37,41,43H,2-3,6-14,19-22H2,1,4-5H3,(H,40,46)(H,42,47)(H,51,52)/t25-,30-,37?,58?/m0/s1. The predicted molar refractivity (Wildman–Crippen MR) is 220 cm³/mol. The number of amides is 4. The SMILES string of the molecule is C=C1C[C@H]2CNc3cc(OCCP(=O)(CCOc4cc5c(cc4OC)C(=O)N4CC(=C)C[C@H]4C(OS(=O)O)N5)CNC(=O)CCC(=O)NCC)c(OC)cc3C(=O)N2C1. The van der Waals surface area contributed by atoms with Crippen molar-refractivity contribution in [3.05, 3.63) is 59.7 Å². The van der Waals surface area contributed by atoms with Crippen LogP contribution in [0.15, 0.2) is 48.6 Å². The average Bonchev–Trinajstić information content (AvgIpc) is 3.73. The van der Waals surface area contributed by atoms with E-state index in [2.05, 4.69) is 34.4 Å². The number of carbonyl (C=O) groups excluding carboxylic acids is 4.